The van der Waals surface area contributed by atoms with Crippen LogP contribution in [0.25, 0.3) is 0 Å². The van der Waals surface area contributed by atoms with Crippen molar-refractivity contribution < 1.29 is 56.9 Å². The molecule has 1 aromatic carbocycles. The van der Waals surface area contributed by atoms with Crippen molar-refractivity contribution >= 4 is 37.9 Å². The van der Waals surface area contributed by atoms with Crippen LogP contribution < -0.4 is 56.6 Å². The fourth-order valence-corrected chi connectivity index (χ4v) is 2.76. The van der Waals surface area contributed by atoms with Gasteiger partial charge in [-0.3, -0.25) is 0 Å². The van der Waals surface area contributed by atoms with Crippen molar-refractivity contribution in [3.8, 4) is 0 Å². The van der Waals surface area contributed by atoms with Crippen LogP contribution in [-0.4, -0.2) is 19.5 Å². The van der Waals surface area contributed by atoms with Gasteiger partial charge in [-0.2, -0.15) is 0 Å². The van der Waals surface area contributed by atoms with Crippen LogP contribution in [0.4, 0.5) is 0 Å². The van der Waals surface area contributed by atoms with Gasteiger partial charge in [-0.15, -0.1) is 23.2 Å². The Morgan fingerprint density at radius 1 is 1.08 bits per heavy atom. The molecule has 1 nitrogen and oxygen atoms in total. The minimum atomic E-state index is -0.446. The minimum absolute atomic E-state index is 0. The Morgan fingerprint density at radius 2 is 1.58 bits per heavy atom. The van der Waals surface area contributed by atoms with Gasteiger partial charge in [0.15, 0.2) is 0 Å². The van der Waals surface area contributed by atoms with E-state index in [2.05, 4.69) is 12.1 Å². The maximum atomic E-state index is 5.64. The van der Waals surface area contributed by atoms with E-state index in [-0.39, 0.29) is 61.3 Å². The number of benzene rings is 1. The quantitative estimate of drug-likeness (QED) is 0.442. The number of rotatable bonds is 2. The van der Waals surface area contributed by atoms with E-state index in [4.69, 9.17) is 23.2 Å². The molecule has 1 aromatic rings. The molecule has 1 N–H and O–H groups in total. The average molecular weight is 247 g/mol. The normalized spacial score (nSPS) is 9.58. The molecular formula is C7H9Cl2KOSi. The number of hydrogen-bond acceptors (Lipinski definition) is 1. The third-order valence-corrected chi connectivity index (χ3v) is 3.41. The summed E-state index contributed by atoms with van der Waals surface area (Å²) in [5.74, 6) is 0. The molecule has 0 unspecified atom stereocenters. The van der Waals surface area contributed by atoms with Crippen molar-refractivity contribution in [1.82, 2.24) is 0 Å². The monoisotopic (exact) mass is 246 g/mol. The molecule has 0 saturated heterocycles. The van der Waals surface area contributed by atoms with Crippen molar-refractivity contribution in [2.24, 2.45) is 0 Å². The molecule has 0 bridgehead atoms. The Hall–Kier alpha value is 1.61. The molecule has 0 aliphatic carbocycles. The summed E-state index contributed by atoms with van der Waals surface area (Å²) in [5, 5.41) is 1.32. The third kappa shape index (κ3) is 7.06. The first kappa shape index (κ1) is 16.1. The van der Waals surface area contributed by atoms with Crippen LogP contribution in [-0.2, 0) is 0 Å². The minimum Gasteiger partial charge on any atom is -0.870 e. The zero-order chi connectivity index (χ0) is 7.40. The van der Waals surface area contributed by atoms with E-state index >= 15 is 0 Å². The molecular weight excluding hydrogens is 238 g/mol. The molecule has 12 heavy (non-hydrogen) atoms. The molecule has 0 aliphatic rings. The first-order chi connectivity index (χ1) is 4.79. The fourth-order valence-electron chi connectivity index (χ4n) is 0.792. The van der Waals surface area contributed by atoms with E-state index in [9.17, 15) is 0 Å². The maximum absolute atomic E-state index is 5.64. The average Bonchev–Trinajstić information content (AvgIpc) is 1.88. The van der Waals surface area contributed by atoms with Gasteiger partial charge in [0.1, 0.15) is 0 Å². The van der Waals surface area contributed by atoms with Gasteiger partial charge in [0, 0.05) is 0 Å². The van der Waals surface area contributed by atoms with Gasteiger partial charge in [0.05, 0.1) is 14.0 Å². The number of alkyl halides is 2. The second kappa shape index (κ2) is 9.18. The molecule has 0 amide bonds. The largest absolute Gasteiger partial charge is 1.00 e. The van der Waals surface area contributed by atoms with Crippen molar-refractivity contribution in [2.45, 2.75) is 4.46 Å². The van der Waals surface area contributed by atoms with Crippen molar-refractivity contribution in [3.05, 3.63) is 30.3 Å². The Morgan fingerprint density at radius 3 is 2.00 bits per heavy atom. The predicted molar refractivity (Wildman–Crippen MR) is 52.0 cm³/mol. The summed E-state index contributed by atoms with van der Waals surface area (Å²) in [4.78, 5) is 0. The zero-order valence-corrected chi connectivity index (χ0v) is 12.9. The first-order valence-corrected chi connectivity index (χ1v) is 5.51. The van der Waals surface area contributed by atoms with Gasteiger partial charge >= 0.3 is 51.4 Å². The van der Waals surface area contributed by atoms with Crippen LogP contribution in [0.1, 0.15) is 0 Å². The maximum Gasteiger partial charge on any atom is 1.00 e. The third-order valence-electron chi connectivity index (χ3n) is 1.23. The van der Waals surface area contributed by atoms with Gasteiger partial charge in [0.25, 0.3) is 0 Å². The van der Waals surface area contributed by atoms with E-state index in [1.165, 1.54) is 5.19 Å². The summed E-state index contributed by atoms with van der Waals surface area (Å²) >= 11 is 11.3. The van der Waals surface area contributed by atoms with Crippen LogP contribution in [0, 0.1) is 0 Å². The van der Waals surface area contributed by atoms with Gasteiger partial charge in [-0.1, -0.05) is 35.5 Å². The summed E-state index contributed by atoms with van der Waals surface area (Å²) < 4.78 is -0.151. The molecule has 0 saturated carbocycles. The van der Waals surface area contributed by atoms with Crippen molar-refractivity contribution in [1.29, 1.82) is 0 Å². The van der Waals surface area contributed by atoms with E-state index in [1.807, 2.05) is 18.2 Å². The molecule has 0 fully saturated rings. The summed E-state index contributed by atoms with van der Waals surface area (Å²) in [7, 11) is -0.446. The summed E-state index contributed by atoms with van der Waals surface area (Å²) in [5.41, 5.74) is 0. The van der Waals surface area contributed by atoms with Gasteiger partial charge < -0.3 is 5.48 Å². The molecule has 0 atom stereocenters. The molecule has 5 heteroatoms. The van der Waals surface area contributed by atoms with Crippen LogP contribution in [0.5, 0.6) is 0 Å². The summed E-state index contributed by atoms with van der Waals surface area (Å²) in [6.45, 7) is 0. The molecule has 62 valence electrons. The van der Waals surface area contributed by atoms with Gasteiger partial charge in [-0.05, 0) is 0 Å². The smallest absolute Gasteiger partial charge is 0.870 e. The summed E-state index contributed by atoms with van der Waals surface area (Å²) in [6.07, 6.45) is 0. The van der Waals surface area contributed by atoms with Gasteiger partial charge in [-0.25, -0.2) is 0 Å². The SMILES string of the molecule is ClC(Cl)[SiH2]c1ccccc1.[K+].[OH-]. The van der Waals surface area contributed by atoms with E-state index in [1.54, 1.807) is 0 Å². The topological polar surface area (TPSA) is 30.0 Å². The Bertz CT molecular complexity index is 196. The molecule has 0 radical (unpaired) electrons. The zero-order valence-electron chi connectivity index (χ0n) is 6.87. The molecule has 0 spiro atoms. The molecule has 0 aromatic heterocycles. The number of hydrogen-bond donors (Lipinski definition) is 0. The Kier molecular flexibility index (Phi) is 12.3. The van der Waals surface area contributed by atoms with E-state index in [0.29, 0.717) is 0 Å². The number of halogens is 2. The summed E-state index contributed by atoms with van der Waals surface area (Å²) in [6, 6.07) is 10.2. The van der Waals surface area contributed by atoms with Gasteiger partial charge in [0.2, 0.25) is 0 Å². The second-order valence-electron chi connectivity index (χ2n) is 2.08. The molecule has 1 rings (SSSR count). The van der Waals surface area contributed by atoms with Crippen molar-refractivity contribution in [3.63, 3.8) is 0 Å². The second-order valence-corrected chi connectivity index (χ2v) is 6.43. The fraction of sp³-hybridized carbons (Fsp3) is 0.143. The Labute approximate surface area is 127 Å². The van der Waals surface area contributed by atoms with Crippen LogP contribution in [0.2, 0.25) is 0 Å². The van der Waals surface area contributed by atoms with E-state index in [0.717, 1.165) is 0 Å². The van der Waals surface area contributed by atoms with Crippen LogP contribution in [0.15, 0.2) is 30.3 Å². The van der Waals surface area contributed by atoms with Crippen molar-refractivity contribution in [2.75, 3.05) is 0 Å². The first-order valence-electron chi connectivity index (χ1n) is 3.11. The predicted octanol–water partition coefficient (Wildman–Crippen LogP) is -1.93. The standard InChI is InChI=1S/C7H8Cl2Si.K.H2O/c8-7(9)10-6-4-2-1-3-5-6;;/h1-5,7H,10H2;;1H2/q;+1;/p-1. The van der Waals surface area contributed by atoms with Crippen LogP contribution >= 0.6 is 23.2 Å². The van der Waals surface area contributed by atoms with Crippen LogP contribution in [0.3, 0.4) is 0 Å². The molecule has 0 heterocycles. The van der Waals surface area contributed by atoms with E-state index < -0.39 is 9.52 Å². The Balaban J connectivity index is 0. The molecule has 0 aliphatic heterocycles.